The third kappa shape index (κ3) is 7.57. The molecule has 1 aromatic rings. The van der Waals surface area contributed by atoms with Crippen LogP contribution in [0.25, 0.3) is 0 Å². The Labute approximate surface area is 137 Å². The van der Waals surface area contributed by atoms with E-state index in [2.05, 4.69) is 0 Å². The molecule has 0 N–H and O–H groups in total. The fourth-order valence-electron chi connectivity index (χ4n) is 1.76. The number of ketones is 1. The van der Waals surface area contributed by atoms with Crippen LogP contribution in [0.5, 0.6) is 5.75 Å². The van der Waals surface area contributed by atoms with E-state index in [1.807, 2.05) is 33.8 Å². The molecule has 0 aromatic heterocycles. The molecule has 130 valence electrons. The van der Waals surface area contributed by atoms with Gasteiger partial charge < -0.3 is 14.2 Å². The Balaban J connectivity index is 2.12. The van der Waals surface area contributed by atoms with Crippen molar-refractivity contribution in [2.45, 2.75) is 33.6 Å². The van der Waals surface area contributed by atoms with Crippen LogP contribution in [0.4, 0.5) is 4.39 Å². The molecule has 0 spiro atoms. The van der Waals surface area contributed by atoms with Gasteiger partial charge in [-0.2, -0.15) is 0 Å². The first-order valence-corrected chi connectivity index (χ1v) is 8.02. The lowest BCUT2D eigenvalue weighted by Gasteiger charge is -2.11. The minimum Gasteiger partial charge on any atom is -0.488 e. The van der Waals surface area contributed by atoms with Crippen molar-refractivity contribution >= 4 is 5.78 Å². The molecule has 0 radical (unpaired) electrons. The number of hydrogen-bond donors (Lipinski definition) is 0. The van der Waals surface area contributed by atoms with Gasteiger partial charge in [-0.05, 0) is 23.6 Å². The summed E-state index contributed by atoms with van der Waals surface area (Å²) in [6.45, 7) is 9.17. The second-order valence-corrected chi connectivity index (χ2v) is 5.98. The SMILES string of the molecule is CC(C)C(=O)COCCOCCOc1ccc(C(C)C)cc1F. The van der Waals surface area contributed by atoms with Gasteiger partial charge in [0.1, 0.15) is 13.2 Å². The minimum atomic E-state index is -0.355. The van der Waals surface area contributed by atoms with Crippen LogP contribution < -0.4 is 4.74 Å². The van der Waals surface area contributed by atoms with E-state index in [0.29, 0.717) is 19.8 Å². The summed E-state index contributed by atoms with van der Waals surface area (Å²) in [7, 11) is 0. The van der Waals surface area contributed by atoms with Crippen molar-refractivity contribution in [1.29, 1.82) is 0 Å². The number of rotatable bonds is 11. The molecule has 0 amide bonds. The first kappa shape index (κ1) is 19.6. The van der Waals surface area contributed by atoms with Gasteiger partial charge in [0.15, 0.2) is 17.3 Å². The molecule has 23 heavy (non-hydrogen) atoms. The topological polar surface area (TPSA) is 44.8 Å². The molecular formula is C18H27FO4. The van der Waals surface area contributed by atoms with Crippen molar-refractivity contribution in [3.63, 3.8) is 0 Å². The van der Waals surface area contributed by atoms with Crippen LogP contribution in [-0.4, -0.2) is 38.8 Å². The lowest BCUT2D eigenvalue weighted by Crippen LogP contribution is -2.17. The summed E-state index contributed by atoms with van der Waals surface area (Å²) in [4.78, 5) is 11.3. The minimum absolute atomic E-state index is 0.0127. The zero-order valence-corrected chi connectivity index (χ0v) is 14.4. The zero-order chi connectivity index (χ0) is 17.2. The first-order valence-electron chi connectivity index (χ1n) is 8.02. The highest BCUT2D eigenvalue weighted by Crippen LogP contribution is 2.22. The quantitative estimate of drug-likeness (QED) is 0.583. The summed E-state index contributed by atoms with van der Waals surface area (Å²) >= 11 is 0. The first-order chi connectivity index (χ1) is 10.9. The summed E-state index contributed by atoms with van der Waals surface area (Å²) in [5.74, 6) is 0.225. The van der Waals surface area contributed by atoms with Crippen LogP contribution >= 0.6 is 0 Å². The van der Waals surface area contributed by atoms with E-state index in [-0.39, 0.29) is 42.4 Å². The Morgan fingerprint density at radius 3 is 2.30 bits per heavy atom. The molecule has 0 unspecified atom stereocenters. The highest BCUT2D eigenvalue weighted by Gasteiger charge is 2.08. The van der Waals surface area contributed by atoms with Gasteiger partial charge in [0.2, 0.25) is 0 Å². The predicted octanol–water partition coefficient (Wildman–Crippen LogP) is 3.59. The number of hydrogen-bond acceptors (Lipinski definition) is 4. The van der Waals surface area contributed by atoms with E-state index in [1.165, 1.54) is 6.07 Å². The molecule has 0 aliphatic heterocycles. The molecule has 1 aromatic carbocycles. The fourth-order valence-corrected chi connectivity index (χ4v) is 1.76. The van der Waals surface area contributed by atoms with Crippen molar-refractivity contribution in [1.82, 2.24) is 0 Å². The van der Waals surface area contributed by atoms with E-state index < -0.39 is 0 Å². The van der Waals surface area contributed by atoms with Crippen molar-refractivity contribution in [2.24, 2.45) is 5.92 Å². The van der Waals surface area contributed by atoms with Crippen LogP contribution in [0.1, 0.15) is 39.2 Å². The second-order valence-electron chi connectivity index (χ2n) is 5.98. The van der Waals surface area contributed by atoms with Gasteiger partial charge in [-0.1, -0.05) is 33.8 Å². The Kier molecular flexibility index (Phi) is 8.81. The van der Waals surface area contributed by atoms with Gasteiger partial charge in [0.05, 0.1) is 19.8 Å². The number of benzene rings is 1. The summed E-state index contributed by atoms with van der Waals surface area (Å²) in [5, 5.41) is 0. The largest absolute Gasteiger partial charge is 0.488 e. The monoisotopic (exact) mass is 326 g/mol. The van der Waals surface area contributed by atoms with E-state index in [4.69, 9.17) is 14.2 Å². The molecular weight excluding hydrogens is 299 g/mol. The van der Waals surface area contributed by atoms with Gasteiger partial charge in [0.25, 0.3) is 0 Å². The molecule has 0 aliphatic rings. The van der Waals surface area contributed by atoms with Crippen LogP contribution in [-0.2, 0) is 14.3 Å². The Bertz CT molecular complexity index is 486. The van der Waals surface area contributed by atoms with Crippen molar-refractivity contribution < 1.29 is 23.4 Å². The molecule has 0 heterocycles. The van der Waals surface area contributed by atoms with Gasteiger partial charge in [-0.15, -0.1) is 0 Å². The maximum atomic E-state index is 13.8. The molecule has 0 fully saturated rings. The van der Waals surface area contributed by atoms with Crippen molar-refractivity contribution in [3.05, 3.63) is 29.6 Å². The van der Waals surface area contributed by atoms with Gasteiger partial charge in [-0.3, -0.25) is 4.79 Å². The molecule has 0 atom stereocenters. The van der Waals surface area contributed by atoms with Crippen molar-refractivity contribution in [2.75, 3.05) is 33.0 Å². The molecule has 0 aliphatic carbocycles. The Hall–Kier alpha value is -1.46. The lowest BCUT2D eigenvalue weighted by atomic mass is 10.0. The number of halogens is 1. The predicted molar refractivity (Wildman–Crippen MR) is 87.5 cm³/mol. The maximum absolute atomic E-state index is 13.8. The standard InChI is InChI=1S/C18H27FO4/c1-13(2)15-5-6-18(16(19)11-15)23-10-9-21-7-8-22-12-17(20)14(3)4/h5-6,11,13-14H,7-10,12H2,1-4H3. The van der Waals surface area contributed by atoms with E-state index in [1.54, 1.807) is 6.07 Å². The fraction of sp³-hybridized carbons (Fsp3) is 0.611. The number of carbonyl (C=O) groups is 1. The smallest absolute Gasteiger partial charge is 0.165 e. The lowest BCUT2D eigenvalue weighted by molar-refractivity contribution is -0.127. The van der Waals surface area contributed by atoms with Crippen molar-refractivity contribution in [3.8, 4) is 5.75 Å². The van der Waals surface area contributed by atoms with Crippen LogP contribution in [0.3, 0.4) is 0 Å². The van der Waals surface area contributed by atoms with E-state index in [9.17, 15) is 9.18 Å². The van der Waals surface area contributed by atoms with E-state index >= 15 is 0 Å². The Morgan fingerprint density at radius 1 is 1.04 bits per heavy atom. The third-order valence-electron chi connectivity index (χ3n) is 3.37. The van der Waals surface area contributed by atoms with E-state index in [0.717, 1.165) is 5.56 Å². The molecule has 0 bridgehead atoms. The summed E-state index contributed by atoms with van der Waals surface area (Å²) < 4.78 is 29.7. The highest BCUT2D eigenvalue weighted by molar-refractivity contribution is 5.81. The van der Waals surface area contributed by atoms with Crippen LogP contribution in [0.15, 0.2) is 18.2 Å². The number of Topliss-reactive ketones (excluding diaryl/α,β-unsaturated/α-hetero) is 1. The summed E-state index contributed by atoms with van der Waals surface area (Å²) in [5.41, 5.74) is 0.944. The maximum Gasteiger partial charge on any atom is 0.165 e. The molecule has 0 saturated heterocycles. The molecule has 0 saturated carbocycles. The Morgan fingerprint density at radius 2 is 1.70 bits per heavy atom. The third-order valence-corrected chi connectivity index (χ3v) is 3.37. The average molecular weight is 326 g/mol. The molecule has 1 rings (SSSR count). The summed E-state index contributed by atoms with van der Waals surface area (Å²) in [6.07, 6.45) is 0. The number of carbonyl (C=O) groups excluding carboxylic acids is 1. The van der Waals surface area contributed by atoms with Crippen LogP contribution in [0, 0.1) is 11.7 Å². The van der Waals surface area contributed by atoms with Gasteiger partial charge in [-0.25, -0.2) is 4.39 Å². The highest BCUT2D eigenvalue weighted by atomic mass is 19.1. The molecule has 5 heteroatoms. The zero-order valence-electron chi connectivity index (χ0n) is 14.4. The van der Waals surface area contributed by atoms with Gasteiger partial charge >= 0.3 is 0 Å². The second kappa shape index (κ2) is 10.3. The summed E-state index contributed by atoms with van der Waals surface area (Å²) in [6, 6.07) is 5.01. The van der Waals surface area contributed by atoms with Crippen LogP contribution in [0.2, 0.25) is 0 Å². The normalized spacial score (nSPS) is 11.3. The average Bonchev–Trinajstić information content (AvgIpc) is 2.50. The molecule has 4 nitrogen and oxygen atoms in total. The number of ether oxygens (including phenoxy) is 3. The van der Waals surface area contributed by atoms with Gasteiger partial charge in [0, 0.05) is 5.92 Å².